The molecular formula is C36H32N2O7. The highest BCUT2D eigenvalue weighted by Crippen LogP contribution is 2.44. The number of nitrogens with zero attached hydrogens (tertiary/aromatic N) is 1. The number of cyclic esters (lactones) is 1. The van der Waals surface area contributed by atoms with Gasteiger partial charge in [-0.3, -0.25) is 4.79 Å². The van der Waals surface area contributed by atoms with Gasteiger partial charge in [-0.25, -0.2) is 19.3 Å². The second kappa shape index (κ2) is 13.1. The van der Waals surface area contributed by atoms with Gasteiger partial charge in [-0.2, -0.15) is 0 Å². The third-order valence-electron chi connectivity index (χ3n) is 8.13. The minimum absolute atomic E-state index is 0.0371. The van der Waals surface area contributed by atoms with Crippen LogP contribution in [0.2, 0.25) is 0 Å². The summed E-state index contributed by atoms with van der Waals surface area (Å²) >= 11 is 0. The summed E-state index contributed by atoms with van der Waals surface area (Å²) in [4.78, 5) is 54.1. The Hall–Kier alpha value is -5.44. The first-order valence-electron chi connectivity index (χ1n) is 14.8. The number of amides is 3. The summed E-state index contributed by atoms with van der Waals surface area (Å²) in [5.41, 5.74) is 5.76. The van der Waals surface area contributed by atoms with Gasteiger partial charge in [-0.15, -0.1) is 0 Å². The molecule has 4 aromatic carbocycles. The lowest BCUT2D eigenvalue weighted by molar-refractivity contribution is -0.154. The largest absolute Gasteiger partial charge is 0.459 e. The molecule has 6 rings (SSSR count). The van der Waals surface area contributed by atoms with E-state index in [1.807, 2.05) is 72.8 Å². The molecule has 0 radical (unpaired) electrons. The lowest BCUT2D eigenvalue weighted by Gasteiger charge is -2.25. The van der Waals surface area contributed by atoms with Crippen LogP contribution in [0, 0.1) is 0 Å². The predicted octanol–water partition coefficient (Wildman–Crippen LogP) is 5.62. The highest BCUT2D eigenvalue weighted by Gasteiger charge is 2.50. The number of benzene rings is 4. The second-order valence-electron chi connectivity index (χ2n) is 11.0. The fourth-order valence-electron chi connectivity index (χ4n) is 5.94. The van der Waals surface area contributed by atoms with Gasteiger partial charge in [0.15, 0.2) is 6.04 Å². The normalized spacial score (nSPS) is 17.5. The van der Waals surface area contributed by atoms with Gasteiger partial charge in [0.2, 0.25) is 0 Å². The number of imide groups is 1. The fraction of sp³-hybridized carbons (Fsp3) is 0.222. The number of nitrogens with one attached hydrogen (secondary N) is 1. The van der Waals surface area contributed by atoms with Gasteiger partial charge in [0.05, 0.1) is 0 Å². The number of alkyl carbamates (subject to hydrolysis) is 1. The van der Waals surface area contributed by atoms with Crippen LogP contribution in [0.3, 0.4) is 0 Å². The summed E-state index contributed by atoms with van der Waals surface area (Å²) in [5, 5.41) is 2.65. The fourth-order valence-corrected chi connectivity index (χ4v) is 5.94. The zero-order chi connectivity index (χ0) is 31.3. The molecule has 9 heteroatoms. The highest BCUT2D eigenvalue weighted by atomic mass is 16.6. The Morgan fingerprint density at radius 2 is 1.33 bits per heavy atom. The van der Waals surface area contributed by atoms with Crippen LogP contribution in [0.5, 0.6) is 0 Å². The Morgan fingerprint density at radius 1 is 0.778 bits per heavy atom. The Bertz CT molecular complexity index is 1660. The molecule has 0 spiro atoms. The molecule has 1 saturated heterocycles. The summed E-state index contributed by atoms with van der Waals surface area (Å²) < 4.78 is 16.5. The molecule has 0 saturated carbocycles. The molecule has 4 aromatic rings. The topological polar surface area (TPSA) is 111 Å². The second-order valence-corrected chi connectivity index (χ2v) is 11.0. The number of carbonyl (C=O) groups excluding carboxylic acids is 4. The van der Waals surface area contributed by atoms with Crippen molar-refractivity contribution in [3.05, 3.63) is 131 Å². The maximum atomic E-state index is 14.0. The zero-order valence-electron chi connectivity index (χ0n) is 24.6. The van der Waals surface area contributed by atoms with E-state index in [1.165, 1.54) is 6.92 Å². The molecule has 0 unspecified atom stereocenters. The number of hydrogen-bond donors (Lipinski definition) is 1. The van der Waals surface area contributed by atoms with E-state index in [2.05, 4.69) is 5.32 Å². The molecule has 3 atom stereocenters. The van der Waals surface area contributed by atoms with E-state index in [9.17, 15) is 19.2 Å². The van der Waals surface area contributed by atoms with Crippen LogP contribution < -0.4 is 5.32 Å². The van der Waals surface area contributed by atoms with Crippen molar-refractivity contribution in [2.45, 2.75) is 44.1 Å². The quantitative estimate of drug-likeness (QED) is 0.195. The zero-order valence-corrected chi connectivity index (χ0v) is 24.6. The molecule has 0 bridgehead atoms. The average molecular weight is 605 g/mol. The molecule has 45 heavy (non-hydrogen) atoms. The van der Waals surface area contributed by atoms with Gasteiger partial charge in [-0.05, 0) is 40.3 Å². The van der Waals surface area contributed by atoms with Gasteiger partial charge >= 0.3 is 18.2 Å². The molecule has 1 fully saturated rings. The molecule has 0 aromatic heterocycles. The van der Waals surface area contributed by atoms with Gasteiger partial charge < -0.3 is 19.5 Å². The molecule has 9 nitrogen and oxygen atoms in total. The van der Waals surface area contributed by atoms with Crippen LogP contribution >= 0.6 is 0 Å². The van der Waals surface area contributed by atoms with Crippen molar-refractivity contribution >= 4 is 24.1 Å². The van der Waals surface area contributed by atoms with Crippen molar-refractivity contribution < 1.29 is 33.4 Å². The van der Waals surface area contributed by atoms with Crippen LogP contribution in [0.25, 0.3) is 11.1 Å². The van der Waals surface area contributed by atoms with Gasteiger partial charge in [0, 0.05) is 12.3 Å². The molecule has 1 heterocycles. The van der Waals surface area contributed by atoms with E-state index >= 15 is 0 Å². The van der Waals surface area contributed by atoms with Gasteiger partial charge in [0.25, 0.3) is 5.91 Å². The van der Waals surface area contributed by atoms with Gasteiger partial charge in [0.1, 0.15) is 25.4 Å². The van der Waals surface area contributed by atoms with E-state index < -0.39 is 42.3 Å². The predicted molar refractivity (Wildman–Crippen MR) is 165 cm³/mol. The van der Waals surface area contributed by atoms with Crippen molar-refractivity contribution in [1.29, 1.82) is 0 Å². The number of hydrogen-bond acceptors (Lipinski definition) is 7. The van der Waals surface area contributed by atoms with E-state index in [1.54, 1.807) is 36.4 Å². The maximum absolute atomic E-state index is 14.0. The molecule has 1 aliphatic carbocycles. The number of carbonyl (C=O) groups is 4. The lowest BCUT2D eigenvalue weighted by Crippen LogP contribution is -2.55. The minimum Gasteiger partial charge on any atom is -0.459 e. The molecule has 228 valence electrons. The third kappa shape index (κ3) is 6.28. The van der Waals surface area contributed by atoms with Crippen LogP contribution in [0.1, 0.15) is 35.1 Å². The molecule has 2 aliphatic rings. The lowest BCUT2D eigenvalue weighted by atomic mass is 9.98. The first-order chi connectivity index (χ1) is 21.9. The Morgan fingerprint density at radius 3 is 1.96 bits per heavy atom. The summed E-state index contributed by atoms with van der Waals surface area (Å²) in [6, 6.07) is 31.5. The SMILES string of the molecule is C[C@@H]1OC(=O)N(C(=O)[C@H](Cc2ccccc2)NC(=O)OCC2c3ccccc3-c3ccccc32)[C@H]1C(=O)OCc1ccccc1. The number of ether oxygens (including phenoxy) is 3. The summed E-state index contributed by atoms with van der Waals surface area (Å²) in [7, 11) is 0. The van der Waals surface area contributed by atoms with Crippen molar-refractivity contribution in [1.82, 2.24) is 10.2 Å². The van der Waals surface area contributed by atoms with Crippen LogP contribution in [-0.4, -0.2) is 53.8 Å². The number of rotatable bonds is 9. The average Bonchev–Trinajstić information content (AvgIpc) is 3.55. The third-order valence-corrected chi connectivity index (χ3v) is 8.13. The Balaban J connectivity index is 1.19. The molecule has 1 aliphatic heterocycles. The minimum atomic E-state index is -1.32. The molecule has 3 amide bonds. The van der Waals surface area contributed by atoms with Crippen molar-refractivity contribution in [3.8, 4) is 11.1 Å². The highest BCUT2D eigenvalue weighted by molar-refractivity contribution is 6.02. The maximum Gasteiger partial charge on any atom is 0.417 e. The van der Waals surface area contributed by atoms with Crippen LogP contribution in [0.4, 0.5) is 9.59 Å². The first kappa shape index (κ1) is 29.6. The Labute approximate surface area is 260 Å². The summed E-state index contributed by atoms with van der Waals surface area (Å²) in [6.45, 7) is 1.53. The van der Waals surface area contributed by atoms with Crippen molar-refractivity contribution in [3.63, 3.8) is 0 Å². The van der Waals surface area contributed by atoms with E-state index in [4.69, 9.17) is 14.2 Å². The Kier molecular flexibility index (Phi) is 8.59. The summed E-state index contributed by atoms with van der Waals surface area (Å²) in [6.07, 6.45) is -2.71. The standard InChI is InChI=1S/C36H32N2O7/c1-23-32(34(40)43-21-25-14-6-3-7-15-25)38(36(42)45-23)33(39)31(20-24-12-4-2-5-13-24)37-35(41)44-22-30-28-18-10-8-16-26(28)27-17-9-11-19-29(27)30/h2-19,23,30-32H,20-22H2,1H3,(H,37,41)/t23-,31-,32+/m0/s1. The van der Waals surface area contributed by atoms with Crippen LogP contribution in [-0.2, 0) is 36.8 Å². The monoisotopic (exact) mass is 604 g/mol. The smallest absolute Gasteiger partial charge is 0.417 e. The van der Waals surface area contributed by atoms with E-state index in [-0.39, 0.29) is 25.6 Å². The first-order valence-corrected chi connectivity index (χ1v) is 14.8. The molecular weight excluding hydrogens is 572 g/mol. The number of esters is 1. The van der Waals surface area contributed by atoms with Gasteiger partial charge in [-0.1, -0.05) is 109 Å². The van der Waals surface area contributed by atoms with Crippen molar-refractivity contribution in [2.24, 2.45) is 0 Å². The van der Waals surface area contributed by atoms with Crippen LogP contribution in [0.15, 0.2) is 109 Å². The van der Waals surface area contributed by atoms with Crippen molar-refractivity contribution in [2.75, 3.05) is 6.61 Å². The molecule has 1 N–H and O–H groups in total. The summed E-state index contributed by atoms with van der Waals surface area (Å²) in [5.74, 6) is -1.77. The van der Waals surface area contributed by atoms with E-state index in [0.29, 0.717) is 0 Å². The number of fused-ring (bicyclic) bond motifs is 3. The van der Waals surface area contributed by atoms with E-state index in [0.717, 1.165) is 38.3 Å².